The van der Waals surface area contributed by atoms with Crippen LogP contribution in [0.2, 0.25) is 0 Å². The van der Waals surface area contributed by atoms with Crippen molar-refractivity contribution in [1.29, 1.82) is 0 Å². The van der Waals surface area contributed by atoms with Crippen molar-refractivity contribution in [3.8, 4) is 11.4 Å². The van der Waals surface area contributed by atoms with Crippen LogP contribution in [0.15, 0.2) is 84.0 Å². The Morgan fingerprint density at radius 2 is 1.73 bits per heavy atom. The molecule has 0 spiro atoms. The lowest BCUT2D eigenvalue weighted by Gasteiger charge is -2.22. The molecule has 1 aliphatic heterocycles. The van der Waals surface area contributed by atoms with Gasteiger partial charge >= 0.3 is 0 Å². The van der Waals surface area contributed by atoms with E-state index in [2.05, 4.69) is 23.2 Å². The first-order valence-corrected chi connectivity index (χ1v) is 11.8. The Morgan fingerprint density at radius 1 is 1.00 bits per heavy atom. The Hall–Kier alpha value is -3.45. The highest BCUT2D eigenvalue weighted by molar-refractivity contribution is 7.99. The minimum Gasteiger partial charge on any atom is -0.308 e. The minimum atomic E-state index is -0.298. The average molecular weight is 459 g/mol. The monoisotopic (exact) mass is 458 g/mol. The number of amides is 1. The van der Waals surface area contributed by atoms with E-state index in [1.807, 2.05) is 58.0 Å². The van der Waals surface area contributed by atoms with Crippen LogP contribution in [0.4, 0.5) is 10.1 Å². The van der Waals surface area contributed by atoms with Crippen LogP contribution < -0.4 is 4.90 Å². The van der Waals surface area contributed by atoms with Crippen molar-refractivity contribution in [3.05, 3.63) is 95.8 Å². The predicted octanol–water partition coefficient (Wildman–Crippen LogP) is 5.20. The molecule has 0 saturated carbocycles. The van der Waals surface area contributed by atoms with Crippen molar-refractivity contribution in [2.45, 2.75) is 31.1 Å². The first-order valence-electron chi connectivity index (χ1n) is 10.9. The summed E-state index contributed by atoms with van der Waals surface area (Å²) in [6.07, 6.45) is 0.867. The summed E-state index contributed by atoms with van der Waals surface area (Å²) >= 11 is 1.38. The Kier molecular flexibility index (Phi) is 5.96. The fourth-order valence-electron chi connectivity index (χ4n) is 4.26. The number of hydrogen-bond acceptors (Lipinski definition) is 4. The molecule has 1 atom stereocenters. The molecule has 3 aromatic carbocycles. The molecule has 0 radical (unpaired) electrons. The molecule has 33 heavy (non-hydrogen) atoms. The molecule has 0 aliphatic carbocycles. The molecule has 0 fully saturated rings. The number of aromatic nitrogens is 3. The largest absolute Gasteiger partial charge is 0.308 e. The van der Waals surface area contributed by atoms with Crippen LogP contribution in [-0.4, -0.2) is 32.5 Å². The molecular weight excluding hydrogens is 435 g/mol. The molecular formula is C26H23FN4OS. The van der Waals surface area contributed by atoms with Crippen LogP contribution in [0.3, 0.4) is 0 Å². The third kappa shape index (κ3) is 4.41. The number of nitrogens with zero attached hydrogens (tertiary/aromatic N) is 4. The SMILES string of the molecule is CC1Cc2ccccc2N1C(=O)CSc1nnc(-c2ccc(F)cc2)n1Cc1ccccc1. The maximum atomic E-state index is 13.5. The van der Waals surface area contributed by atoms with Gasteiger partial charge in [-0.15, -0.1) is 10.2 Å². The fraction of sp³-hybridized carbons (Fsp3) is 0.192. The molecule has 5 rings (SSSR count). The average Bonchev–Trinajstić information content (AvgIpc) is 3.38. The van der Waals surface area contributed by atoms with Gasteiger partial charge in [0.15, 0.2) is 11.0 Å². The number of rotatable bonds is 6. The number of hydrogen-bond donors (Lipinski definition) is 0. The third-order valence-electron chi connectivity index (χ3n) is 5.80. The number of thioether (sulfide) groups is 1. The molecule has 2 heterocycles. The van der Waals surface area contributed by atoms with Crippen LogP contribution in [0.5, 0.6) is 0 Å². The molecule has 0 saturated heterocycles. The quantitative estimate of drug-likeness (QED) is 0.373. The van der Waals surface area contributed by atoms with Gasteiger partial charge in [0, 0.05) is 17.3 Å². The summed E-state index contributed by atoms with van der Waals surface area (Å²) in [7, 11) is 0. The maximum absolute atomic E-state index is 13.5. The highest BCUT2D eigenvalue weighted by Gasteiger charge is 2.30. The molecule has 166 valence electrons. The molecule has 4 aromatic rings. The lowest BCUT2D eigenvalue weighted by molar-refractivity contribution is -0.116. The summed E-state index contributed by atoms with van der Waals surface area (Å²) in [5.74, 6) is 0.659. The molecule has 1 amide bonds. The van der Waals surface area contributed by atoms with Crippen LogP contribution >= 0.6 is 11.8 Å². The standard InChI is InChI=1S/C26H23FN4OS/c1-18-15-21-9-5-6-10-23(21)31(18)24(32)17-33-26-29-28-25(20-11-13-22(27)14-12-20)30(26)16-19-7-3-2-4-8-19/h2-14,18H,15-17H2,1H3. The highest BCUT2D eigenvalue weighted by Crippen LogP contribution is 2.33. The Bertz CT molecular complexity index is 1270. The van der Waals surface area contributed by atoms with E-state index in [1.165, 1.54) is 29.5 Å². The molecule has 0 N–H and O–H groups in total. The first kappa shape index (κ1) is 21.4. The minimum absolute atomic E-state index is 0.0510. The van der Waals surface area contributed by atoms with Crippen molar-refractivity contribution in [3.63, 3.8) is 0 Å². The second-order valence-electron chi connectivity index (χ2n) is 8.12. The van der Waals surface area contributed by atoms with Crippen LogP contribution in [0.25, 0.3) is 11.4 Å². The van der Waals surface area contributed by atoms with E-state index in [4.69, 9.17) is 0 Å². The predicted molar refractivity (Wildman–Crippen MR) is 129 cm³/mol. The fourth-order valence-corrected chi connectivity index (χ4v) is 5.06. The summed E-state index contributed by atoms with van der Waals surface area (Å²) in [4.78, 5) is 15.1. The normalized spacial score (nSPS) is 15.0. The van der Waals surface area contributed by atoms with Crippen LogP contribution in [0.1, 0.15) is 18.1 Å². The Labute approximate surface area is 196 Å². The molecule has 0 bridgehead atoms. The van der Waals surface area contributed by atoms with Gasteiger partial charge in [0.1, 0.15) is 5.82 Å². The van der Waals surface area contributed by atoms with Crippen molar-refractivity contribution >= 4 is 23.4 Å². The van der Waals surface area contributed by atoms with Crippen molar-refractivity contribution in [2.75, 3.05) is 10.7 Å². The van der Waals surface area contributed by atoms with Gasteiger partial charge in [-0.2, -0.15) is 0 Å². The van der Waals surface area contributed by atoms with E-state index in [0.717, 1.165) is 23.2 Å². The van der Waals surface area contributed by atoms with E-state index in [0.29, 0.717) is 17.5 Å². The van der Waals surface area contributed by atoms with E-state index < -0.39 is 0 Å². The van der Waals surface area contributed by atoms with Crippen molar-refractivity contribution < 1.29 is 9.18 Å². The van der Waals surface area contributed by atoms with E-state index in [9.17, 15) is 9.18 Å². The molecule has 1 aromatic heterocycles. The van der Waals surface area contributed by atoms with Gasteiger partial charge in [-0.05, 0) is 54.8 Å². The summed E-state index contributed by atoms with van der Waals surface area (Å²) in [5, 5.41) is 9.43. The summed E-state index contributed by atoms with van der Waals surface area (Å²) in [5.41, 5.74) is 4.07. The smallest absolute Gasteiger partial charge is 0.237 e. The number of para-hydroxylation sites is 1. The lowest BCUT2D eigenvalue weighted by Crippen LogP contribution is -2.37. The zero-order valence-corrected chi connectivity index (χ0v) is 19.0. The van der Waals surface area contributed by atoms with Crippen molar-refractivity contribution in [2.24, 2.45) is 0 Å². The number of benzene rings is 3. The topological polar surface area (TPSA) is 51.0 Å². The van der Waals surface area contributed by atoms with Gasteiger partial charge in [0.05, 0.1) is 12.3 Å². The second kappa shape index (κ2) is 9.19. The third-order valence-corrected chi connectivity index (χ3v) is 6.75. The molecule has 5 nitrogen and oxygen atoms in total. The van der Waals surface area contributed by atoms with Gasteiger partial charge in [-0.1, -0.05) is 60.3 Å². The molecule has 7 heteroatoms. The van der Waals surface area contributed by atoms with Gasteiger partial charge in [-0.3, -0.25) is 9.36 Å². The summed E-state index contributed by atoms with van der Waals surface area (Å²) < 4.78 is 15.4. The molecule has 1 unspecified atom stereocenters. The number of carbonyl (C=O) groups is 1. The van der Waals surface area contributed by atoms with E-state index in [1.54, 1.807) is 12.1 Å². The van der Waals surface area contributed by atoms with Gasteiger partial charge in [0.2, 0.25) is 5.91 Å². The zero-order valence-electron chi connectivity index (χ0n) is 18.2. The number of anilines is 1. The van der Waals surface area contributed by atoms with Gasteiger partial charge in [0.25, 0.3) is 0 Å². The molecule has 1 aliphatic rings. The van der Waals surface area contributed by atoms with Crippen LogP contribution in [-0.2, 0) is 17.8 Å². The maximum Gasteiger partial charge on any atom is 0.237 e. The van der Waals surface area contributed by atoms with Crippen molar-refractivity contribution in [1.82, 2.24) is 14.8 Å². The Morgan fingerprint density at radius 3 is 2.52 bits per heavy atom. The zero-order chi connectivity index (χ0) is 22.8. The van der Waals surface area contributed by atoms with Crippen LogP contribution in [0, 0.1) is 5.82 Å². The summed E-state index contributed by atoms with van der Waals surface area (Å²) in [6, 6.07) is 24.4. The Balaban J connectivity index is 1.41. The highest BCUT2D eigenvalue weighted by atomic mass is 32.2. The van der Waals surface area contributed by atoms with Gasteiger partial charge < -0.3 is 4.90 Å². The lowest BCUT2D eigenvalue weighted by atomic mass is 10.1. The summed E-state index contributed by atoms with van der Waals surface area (Å²) in [6.45, 7) is 2.63. The first-order chi connectivity index (χ1) is 16.1. The van der Waals surface area contributed by atoms with E-state index >= 15 is 0 Å². The second-order valence-corrected chi connectivity index (χ2v) is 9.06. The van der Waals surface area contributed by atoms with E-state index in [-0.39, 0.29) is 23.5 Å². The van der Waals surface area contributed by atoms with Gasteiger partial charge in [-0.25, -0.2) is 4.39 Å². The number of halogens is 1. The number of fused-ring (bicyclic) bond motifs is 1. The number of carbonyl (C=O) groups excluding carboxylic acids is 1.